The molecular weight excluding hydrogens is 404 g/mol. The van der Waals surface area contributed by atoms with Gasteiger partial charge < -0.3 is 0 Å². The van der Waals surface area contributed by atoms with Crippen LogP contribution in [-0.2, 0) is 12.8 Å². The highest BCUT2D eigenvalue weighted by Gasteiger charge is 2.20. The van der Waals surface area contributed by atoms with E-state index in [0.717, 1.165) is 33.3 Å². The topological polar surface area (TPSA) is 17.8 Å². The van der Waals surface area contributed by atoms with E-state index in [1.165, 1.54) is 40.9 Å². The van der Waals surface area contributed by atoms with E-state index in [0.29, 0.717) is 0 Å². The van der Waals surface area contributed by atoms with Crippen molar-refractivity contribution in [1.29, 1.82) is 0 Å². The van der Waals surface area contributed by atoms with Crippen LogP contribution in [0.2, 0.25) is 0 Å². The first-order valence-corrected chi connectivity index (χ1v) is 10.2. The van der Waals surface area contributed by atoms with E-state index in [4.69, 9.17) is 17.2 Å². The van der Waals surface area contributed by atoms with Crippen LogP contribution in [0.1, 0.15) is 35.2 Å². The Morgan fingerprint density at radius 1 is 0.962 bits per heavy atom. The van der Waals surface area contributed by atoms with Crippen LogP contribution in [0, 0.1) is 18.5 Å². The van der Waals surface area contributed by atoms with Gasteiger partial charge in [-0.2, -0.15) is 0 Å². The van der Waals surface area contributed by atoms with Crippen molar-refractivity contribution in [2.75, 3.05) is 0 Å². The zero-order chi connectivity index (χ0) is 18.3. The lowest BCUT2D eigenvalue weighted by Crippen LogP contribution is -2.17. The number of hydrogen-bond acceptors (Lipinski definition) is 2. The quantitative estimate of drug-likeness (QED) is 0.435. The monoisotopic (exact) mass is 424 g/mol. The molecule has 1 aliphatic carbocycles. The third-order valence-electron chi connectivity index (χ3n) is 5.24. The standard InChI is InChI=1S/C22H21BrN2S/c1-14-7-12-18(13-15(14)2)25-20-6-4-3-5-19(20)22(26)24-21(25)16-8-10-17(23)11-9-16/h7-13H,3-6H2,1-2H3. The Labute approximate surface area is 168 Å². The Kier molecular flexibility index (Phi) is 4.80. The Balaban J connectivity index is 2.04. The molecule has 0 unspecified atom stereocenters. The highest BCUT2D eigenvalue weighted by Crippen LogP contribution is 2.31. The second-order valence-corrected chi connectivity index (χ2v) is 8.29. The largest absolute Gasteiger partial charge is 0.298 e. The molecule has 1 aliphatic rings. The van der Waals surface area contributed by atoms with E-state index >= 15 is 0 Å². The molecule has 2 aromatic carbocycles. The van der Waals surface area contributed by atoms with E-state index in [-0.39, 0.29) is 0 Å². The lowest BCUT2D eigenvalue weighted by Gasteiger charge is -2.25. The zero-order valence-corrected chi connectivity index (χ0v) is 17.5. The first-order chi connectivity index (χ1) is 12.5. The van der Waals surface area contributed by atoms with Crippen LogP contribution in [0.5, 0.6) is 0 Å². The summed E-state index contributed by atoms with van der Waals surface area (Å²) >= 11 is 9.20. The molecule has 1 heterocycles. The Morgan fingerprint density at radius 3 is 2.42 bits per heavy atom. The molecule has 26 heavy (non-hydrogen) atoms. The molecule has 0 bridgehead atoms. The van der Waals surface area contributed by atoms with E-state index in [2.05, 4.69) is 76.8 Å². The zero-order valence-electron chi connectivity index (χ0n) is 15.1. The molecule has 0 saturated carbocycles. The number of aryl methyl sites for hydroxylation is 2. The number of benzene rings is 2. The fourth-order valence-corrected chi connectivity index (χ4v) is 4.21. The molecule has 0 fully saturated rings. The number of aromatic nitrogens is 2. The molecule has 4 heteroatoms. The minimum atomic E-state index is 0.762. The number of fused-ring (bicyclic) bond motifs is 1. The number of nitrogens with zero attached hydrogens (tertiary/aromatic N) is 2. The smallest absolute Gasteiger partial charge is 0.146 e. The van der Waals surface area contributed by atoms with Crippen LogP contribution in [0.4, 0.5) is 0 Å². The van der Waals surface area contributed by atoms with Gasteiger partial charge in [0.25, 0.3) is 0 Å². The van der Waals surface area contributed by atoms with E-state index in [1.54, 1.807) is 0 Å². The highest BCUT2D eigenvalue weighted by molar-refractivity contribution is 9.10. The van der Waals surface area contributed by atoms with Crippen molar-refractivity contribution in [3.63, 3.8) is 0 Å². The molecule has 0 saturated heterocycles. The summed E-state index contributed by atoms with van der Waals surface area (Å²) in [5, 5.41) is 0. The molecule has 0 radical (unpaired) electrons. The van der Waals surface area contributed by atoms with Gasteiger partial charge in [0.05, 0.1) is 0 Å². The van der Waals surface area contributed by atoms with Gasteiger partial charge in [-0.3, -0.25) is 4.57 Å². The van der Waals surface area contributed by atoms with E-state index in [9.17, 15) is 0 Å². The predicted molar refractivity (Wildman–Crippen MR) is 114 cm³/mol. The normalized spacial score (nSPS) is 13.5. The molecule has 0 amide bonds. The SMILES string of the molecule is Cc1ccc(-n2c(-c3ccc(Br)cc3)nc(=S)c3c2CCCC3)cc1C. The van der Waals surface area contributed by atoms with Crippen LogP contribution in [-0.4, -0.2) is 9.55 Å². The highest BCUT2D eigenvalue weighted by atomic mass is 79.9. The third-order valence-corrected chi connectivity index (χ3v) is 6.10. The van der Waals surface area contributed by atoms with Gasteiger partial charge in [0, 0.05) is 27.0 Å². The number of rotatable bonds is 2. The Morgan fingerprint density at radius 2 is 1.69 bits per heavy atom. The van der Waals surface area contributed by atoms with E-state index in [1.807, 2.05) is 0 Å². The van der Waals surface area contributed by atoms with Gasteiger partial charge in [0.1, 0.15) is 10.5 Å². The fourth-order valence-electron chi connectivity index (χ4n) is 3.64. The Bertz CT molecular complexity index is 1040. The summed E-state index contributed by atoms with van der Waals surface area (Å²) in [6.07, 6.45) is 4.49. The lowest BCUT2D eigenvalue weighted by molar-refractivity contribution is 0.642. The lowest BCUT2D eigenvalue weighted by atomic mass is 9.96. The molecule has 0 spiro atoms. The maximum absolute atomic E-state index is 5.67. The minimum absolute atomic E-state index is 0.762. The summed E-state index contributed by atoms with van der Waals surface area (Å²) in [5.41, 5.74) is 7.45. The molecule has 0 aliphatic heterocycles. The molecule has 0 atom stereocenters. The van der Waals surface area contributed by atoms with Gasteiger partial charge in [-0.1, -0.05) is 46.3 Å². The summed E-state index contributed by atoms with van der Waals surface area (Å²) in [5.74, 6) is 0.936. The first-order valence-electron chi connectivity index (χ1n) is 9.03. The van der Waals surface area contributed by atoms with Crippen molar-refractivity contribution < 1.29 is 0 Å². The molecule has 4 rings (SSSR count). The third kappa shape index (κ3) is 3.17. The van der Waals surface area contributed by atoms with E-state index < -0.39 is 0 Å². The average Bonchev–Trinajstić information content (AvgIpc) is 2.65. The maximum Gasteiger partial charge on any atom is 0.146 e. The van der Waals surface area contributed by atoms with Crippen LogP contribution in [0.15, 0.2) is 46.9 Å². The summed E-state index contributed by atoms with van der Waals surface area (Å²) < 4.78 is 4.16. The summed E-state index contributed by atoms with van der Waals surface area (Å²) in [6.45, 7) is 4.32. The van der Waals surface area contributed by atoms with Crippen LogP contribution in [0.3, 0.4) is 0 Å². The molecule has 2 nitrogen and oxygen atoms in total. The van der Waals surface area contributed by atoms with Crippen LogP contribution < -0.4 is 0 Å². The van der Waals surface area contributed by atoms with Gasteiger partial charge in [-0.25, -0.2) is 4.98 Å². The van der Waals surface area contributed by atoms with Gasteiger partial charge >= 0.3 is 0 Å². The van der Waals surface area contributed by atoms with Crippen molar-refractivity contribution in [3.8, 4) is 17.1 Å². The summed E-state index contributed by atoms with van der Waals surface area (Å²) in [6, 6.07) is 15.0. The van der Waals surface area contributed by atoms with Crippen molar-refractivity contribution in [2.45, 2.75) is 39.5 Å². The van der Waals surface area contributed by atoms with Gasteiger partial charge in [-0.05, 0) is 74.9 Å². The van der Waals surface area contributed by atoms with Crippen LogP contribution in [0.25, 0.3) is 17.1 Å². The van der Waals surface area contributed by atoms with Crippen molar-refractivity contribution >= 4 is 28.1 Å². The van der Waals surface area contributed by atoms with Gasteiger partial charge in [0.2, 0.25) is 0 Å². The number of hydrogen-bond donors (Lipinski definition) is 0. The molecule has 3 aromatic rings. The molecule has 0 N–H and O–H groups in total. The molecule has 132 valence electrons. The summed E-state index contributed by atoms with van der Waals surface area (Å²) in [4.78, 5) is 4.88. The Hall–Kier alpha value is -1.78. The molecule has 1 aromatic heterocycles. The number of halogens is 1. The summed E-state index contributed by atoms with van der Waals surface area (Å²) in [7, 11) is 0. The second-order valence-electron chi connectivity index (χ2n) is 6.98. The second kappa shape index (κ2) is 7.09. The average molecular weight is 425 g/mol. The molecular formula is C22H21BrN2S. The van der Waals surface area contributed by atoms with Crippen molar-refractivity contribution in [1.82, 2.24) is 9.55 Å². The van der Waals surface area contributed by atoms with Gasteiger partial charge in [0.15, 0.2) is 0 Å². The fraction of sp³-hybridized carbons (Fsp3) is 0.273. The predicted octanol–water partition coefficient (Wildman–Crippen LogP) is 6.53. The van der Waals surface area contributed by atoms with Crippen LogP contribution >= 0.6 is 28.1 Å². The van der Waals surface area contributed by atoms with Crippen molar-refractivity contribution in [3.05, 3.63) is 74.0 Å². The first kappa shape index (κ1) is 17.6. The maximum atomic E-state index is 5.67. The van der Waals surface area contributed by atoms with Crippen molar-refractivity contribution in [2.24, 2.45) is 0 Å². The minimum Gasteiger partial charge on any atom is -0.298 e. The van der Waals surface area contributed by atoms with Gasteiger partial charge in [-0.15, -0.1) is 0 Å².